The molecule has 108 valence electrons. The van der Waals surface area contributed by atoms with Crippen molar-refractivity contribution in [2.45, 2.75) is 45.8 Å². The zero-order valence-corrected chi connectivity index (χ0v) is 13.2. The van der Waals surface area contributed by atoms with Crippen LogP contribution in [0.5, 0.6) is 0 Å². The molecule has 0 bridgehead atoms. The van der Waals surface area contributed by atoms with Gasteiger partial charge in [0, 0.05) is 25.4 Å². The van der Waals surface area contributed by atoms with E-state index in [9.17, 15) is 4.79 Å². The standard InChI is InChI=1S/C13H28N2O2S/c1-6-8-15-11(13(3,4)17-5)9-18-10-12(16)14-7-2/h11,15H,6-10H2,1-5H3,(H,14,16). The summed E-state index contributed by atoms with van der Waals surface area (Å²) in [6, 6.07) is 0.252. The smallest absolute Gasteiger partial charge is 0.229 e. The summed E-state index contributed by atoms with van der Waals surface area (Å²) >= 11 is 1.65. The van der Waals surface area contributed by atoms with Gasteiger partial charge in [0.05, 0.1) is 11.4 Å². The van der Waals surface area contributed by atoms with Gasteiger partial charge in [-0.2, -0.15) is 11.8 Å². The van der Waals surface area contributed by atoms with E-state index < -0.39 is 0 Å². The number of methoxy groups -OCH3 is 1. The first-order chi connectivity index (χ1) is 8.47. The van der Waals surface area contributed by atoms with E-state index in [0.717, 1.165) is 18.7 Å². The summed E-state index contributed by atoms with van der Waals surface area (Å²) in [6.45, 7) is 9.90. The molecule has 5 heteroatoms. The first kappa shape index (κ1) is 17.7. The van der Waals surface area contributed by atoms with Crippen molar-refractivity contribution in [3.63, 3.8) is 0 Å². The van der Waals surface area contributed by atoms with E-state index in [2.05, 4.69) is 31.4 Å². The number of ether oxygens (including phenoxy) is 1. The molecular weight excluding hydrogens is 248 g/mol. The van der Waals surface area contributed by atoms with E-state index in [4.69, 9.17) is 4.74 Å². The van der Waals surface area contributed by atoms with Crippen LogP contribution in [-0.4, -0.2) is 49.3 Å². The number of nitrogens with one attached hydrogen (secondary N) is 2. The summed E-state index contributed by atoms with van der Waals surface area (Å²) in [6.07, 6.45) is 1.09. The van der Waals surface area contributed by atoms with Gasteiger partial charge in [0.1, 0.15) is 0 Å². The third kappa shape index (κ3) is 7.24. The summed E-state index contributed by atoms with van der Waals surface area (Å²) in [5, 5.41) is 6.29. The number of hydrogen-bond acceptors (Lipinski definition) is 4. The fourth-order valence-electron chi connectivity index (χ4n) is 1.48. The van der Waals surface area contributed by atoms with Crippen molar-refractivity contribution in [2.75, 3.05) is 31.7 Å². The lowest BCUT2D eigenvalue weighted by Gasteiger charge is -2.33. The predicted octanol–water partition coefficient (Wildman–Crippen LogP) is 1.65. The van der Waals surface area contributed by atoms with Gasteiger partial charge in [-0.25, -0.2) is 0 Å². The number of amides is 1. The Labute approximate surface area is 116 Å². The maximum Gasteiger partial charge on any atom is 0.229 e. The highest BCUT2D eigenvalue weighted by Crippen LogP contribution is 2.18. The summed E-state index contributed by atoms with van der Waals surface area (Å²) in [4.78, 5) is 11.4. The van der Waals surface area contributed by atoms with Crippen LogP contribution in [0.15, 0.2) is 0 Å². The Morgan fingerprint density at radius 2 is 2.06 bits per heavy atom. The minimum atomic E-state index is -0.219. The number of carbonyl (C=O) groups is 1. The van der Waals surface area contributed by atoms with E-state index in [1.165, 1.54) is 0 Å². The van der Waals surface area contributed by atoms with Crippen molar-refractivity contribution in [3.05, 3.63) is 0 Å². The van der Waals surface area contributed by atoms with Crippen LogP contribution in [0, 0.1) is 0 Å². The zero-order valence-electron chi connectivity index (χ0n) is 12.3. The molecule has 0 aliphatic heterocycles. The van der Waals surface area contributed by atoms with Gasteiger partial charge in [0.15, 0.2) is 0 Å². The molecule has 18 heavy (non-hydrogen) atoms. The molecule has 0 heterocycles. The Morgan fingerprint density at radius 1 is 1.39 bits per heavy atom. The Bertz CT molecular complexity index is 235. The predicted molar refractivity (Wildman–Crippen MR) is 79.2 cm³/mol. The first-order valence-electron chi connectivity index (χ1n) is 6.60. The molecule has 0 aliphatic rings. The minimum Gasteiger partial charge on any atom is -0.377 e. The monoisotopic (exact) mass is 276 g/mol. The molecule has 0 aromatic heterocycles. The van der Waals surface area contributed by atoms with Gasteiger partial charge in [0.2, 0.25) is 5.91 Å². The topological polar surface area (TPSA) is 50.4 Å². The molecule has 0 aromatic rings. The average molecular weight is 276 g/mol. The first-order valence-corrected chi connectivity index (χ1v) is 7.76. The molecule has 0 spiro atoms. The second-order valence-corrected chi connectivity index (χ2v) is 5.81. The van der Waals surface area contributed by atoms with Crippen molar-refractivity contribution in [1.82, 2.24) is 10.6 Å². The third-order valence-electron chi connectivity index (χ3n) is 2.90. The maximum absolute atomic E-state index is 11.4. The molecule has 1 atom stereocenters. The molecule has 1 unspecified atom stereocenters. The molecule has 4 nitrogen and oxygen atoms in total. The summed E-state index contributed by atoms with van der Waals surface area (Å²) in [7, 11) is 1.73. The summed E-state index contributed by atoms with van der Waals surface area (Å²) in [5.41, 5.74) is -0.219. The molecule has 0 saturated carbocycles. The van der Waals surface area contributed by atoms with Crippen LogP contribution in [0.4, 0.5) is 0 Å². The van der Waals surface area contributed by atoms with Crippen LogP contribution < -0.4 is 10.6 Å². The summed E-state index contributed by atoms with van der Waals surface area (Å²) < 4.78 is 5.53. The molecule has 0 radical (unpaired) electrons. The molecule has 0 aliphatic carbocycles. The second-order valence-electron chi connectivity index (χ2n) is 4.78. The largest absolute Gasteiger partial charge is 0.377 e. The van der Waals surface area contributed by atoms with Gasteiger partial charge in [-0.05, 0) is 33.7 Å². The van der Waals surface area contributed by atoms with E-state index in [-0.39, 0.29) is 17.6 Å². The highest BCUT2D eigenvalue weighted by atomic mass is 32.2. The molecular formula is C13H28N2O2S. The lowest BCUT2D eigenvalue weighted by atomic mass is 10.0. The quantitative estimate of drug-likeness (QED) is 0.637. The van der Waals surface area contributed by atoms with Crippen molar-refractivity contribution < 1.29 is 9.53 Å². The fraction of sp³-hybridized carbons (Fsp3) is 0.923. The van der Waals surface area contributed by atoms with E-state index >= 15 is 0 Å². The van der Waals surface area contributed by atoms with Crippen molar-refractivity contribution >= 4 is 17.7 Å². The SMILES string of the molecule is CCCNC(CSCC(=O)NCC)C(C)(C)OC. The van der Waals surface area contributed by atoms with Gasteiger partial charge in [0.25, 0.3) is 0 Å². The van der Waals surface area contributed by atoms with E-state index in [0.29, 0.717) is 12.3 Å². The Balaban J connectivity index is 4.12. The average Bonchev–Trinajstić information content (AvgIpc) is 2.33. The Morgan fingerprint density at radius 3 is 2.56 bits per heavy atom. The minimum absolute atomic E-state index is 0.104. The molecule has 2 N–H and O–H groups in total. The molecule has 0 rings (SSSR count). The lowest BCUT2D eigenvalue weighted by molar-refractivity contribution is -0.118. The molecule has 1 amide bonds. The normalized spacial score (nSPS) is 13.4. The van der Waals surface area contributed by atoms with Crippen LogP contribution >= 0.6 is 11.8 Å². The number of rotatable bonds is 10. The zero-order chi connectivity index (χ0) is 14.0. The fourth-order valence-corrected chi connectivity index (χ4v) is 2.64. The maximum atomic E-state index is 11.4. The van der Waals surface area contributed by atoms with Crippen molar-refractivity contribution in [1.29, 1.82) is 0 Å². The lowest BCUT2D eigenvalue weighted by Crippen LogP contribution is -2.50. The second kappa shape index (κ2) is 9.64. The van der Waals surface area contributed by atoms with Gasteiger partial charge in [-0.1, -0.05) is 6.92 Å². The summed E-state index contributed by atoms with van der Waals surface area (Å²) in [5.74, 6) is 1.49. The van der Waals surface area contributed by atoms with Gasteiger partial charge in [-0.15, -0.1) is 0 Å². The van der Waals surface area contributed by atoms with Crippen LogP contribution in [0.3, 0.4) is 0 Å². The number of carbonyl (C=O) groups excluding carboxylic acids is 1. The van der Waals surface area contributed by atoms with Gasteiger partial charge in [-0.3, -0.25) is 4.79 Å². The van der Waals surface area contributed by atoms with Crippen molar-refractivity contribution in [2.24, 2.45) is 0 Å². The number of hydrogen-bond donors (Lipinski definition) is 2. The molecule has 0 fully saturated rings. The third-order valence-corrected chi connectivity index (χ3v) is 3.93. The van der Waals surface area contributed by atoms with Crippen LogP contribution in [-0.2, 0) is 9.53 Å². The van der Waals surface area contributed by atoms with E-state index in [1.54, 1.807) is 18.9 Å². The highest BCUT2D eigenvalue weighted by molar-refractivity contribution is 8.00. The van der Waals surface area contributed by atoms with Crippen LogP contribution in [0.1, 0.15) is 34.1 Å². The van der Waals surface area contributed by atoms with Gasteiger partial charge >= 0.3 is 0 Å². The molecule has 0 saturated heterocycles. The van der Waals surface area contributed by atoms with Crippen LogP contribution in [0.2, 0.25) is 0 Å². The van der Waals surface area contributed by atoms with Crippen LogP contribution in [0.25, 0.3) is 0 Å². The number of thioether (sulfide) groups is 1. The van der Waals surface area contributed by atoms with Gasteiger partial charge < -0.3 is 15.4 Å². The Kier molecular flexibility index (Phi) is 9.50. The molecule has 0 aromatic carbocycles. The van der Waals surface area contributed by atoms with E-state index in [1.807, 2.05) is 6.92 Å². The van der Waals surface area contributed by atoms with Crippen molar-refractivity contribution in [3.8, 4) is 0 Å². The highest BCUT2D eigenvalue weighted by Gasteiger charge is 2.28. The Hall–Kier alpha value is -0.260.